The molecule has 0 bridgehead atoms. The highest BCUT2D eigenvalue weighted by Crippen LogP contribution is 2.31. The maximum Gasteiger partial charge on any atom is 0.245 e. The first-order valence-corrected chi connectivity index (χ1v) is 6.76. The maximum absolute atomic E-state index is 12.1. The van der Waals surface area contributed by atoms with Gasteiger partial charge < -0.3 is 4.90 Å². The van der Waals surface area contributed by atoms with E-state index in [0.717, 1.165) is 10.4 Å². The number of nitrogens with zero attached hydrogens (tertiary/aromatic N) is 1. The van der Waals surface area contributed by atoms with Gasteiger partial charge in [-0.2, -0.15) is 0 Å². The summed E-state index contributed by atoms with van der Waals surface area (Å²) >= 11 is 7.93. The zero-order valence-electron chi connectivity index (χ0n) is 10.2. The third-order valence-electron chi connectivity index (χ3n) is 2.64. The Morgan fingerprint density at radius 2 is 2.00 bits per heavy atom. The molecular formula is C12H18ClNOS. The molecule has 90 valence electrons. The fourth-order valence-electron chi connectivity index (χ4n) is 1.73. The van der Waals surface area contributed by atoms with Crippen molar-refractivity contribution in [2.24, 2.45) is 0 Å². The Hall–Kier alpha value is -0.540. The molecule has 0 radical (unpaired) electrons. The van der Waals surface area contributed by atoms with E-state index in [1.807, 2.05) is 33.8 Å². The lowest BCUT2D eigenvalue weighted by Crippen LogP contribution is -2.33. The van der Waals surface area contributed by atoms with Crippen LogP contribution in [0.1, 0.15) is 34.5 Å². The lowest BCUT2D eigenvalue weighted by atomic mass is 10.1. The summed E-state index contributed by atoms with van der Waals surface area (Å²) in [6.07, 6.45) is 0. The van der Waals surface area contributed by atoms with Gasteiger partial charge in [0, 0.05) is 22.8 Å². The Kier molecular flexibility index (Phi) is 4.81. The molecule has 0 saturated carbocycles. The first-order valence-electron chi connectivity index (χ1n) is 5.51. The summed E-state index contributed by atoms with van der Waals surface area (Å²) in [5.41, 5.74) is 0.959. The van der Waals surface area contributed by atoms with Gasteiger partial charge in [0.1, 0.15) is 5.38 Å². The predicted molar refractivity (Wildman–Crippen MR) is 70.3 cm³/mol. The number of thiophene rings is 1. The number of rotatable bonds is 4. The SMILES string of the molecule is CCN(CC)C(=O)C(Cl)c1cc(C)sc1C. The second-order valence-corrected chi connectivity index (χ2v) is 5.64. The molecule has 1 amide bonds. The van der Waals surface area contributed by atoms with Gasteiger partial charge in [-0.15, -0.1) is 22.9 Å². The zero-order valence-corrected chi connectivity index (χ0v) is 11.8. The molecule has 0 saturated heterocycles. The highest BCUT2D eigenvalue weighted by molar-refractivity contribution is 7.12. The summed E-state index contributed by atoms with van der Waals surface area (Å²) in [5, 5.41) is -0.537. The largest absolute Gasteiger partial charge is 0.342 e. The average Bonchev–Trinajstić information content (AvgIpc) is 2.58. The van der Waals surface area contributed by atoms with Gasteiger partial charge in [0.2, 0.25) is 5.91 Å². The molecule has 1 heterocycles. The number of halogens is 1. The van der Waals surface area contributed by atoms with Crippen molar-refractivity contribution in [1.82, 2.24) is 4.90 Å². The second-order valence-electron chi connectivity index (χ2n) is 3.74. The van der Waals surface area contributed by atoms with Crippen LogP contribution in [0.2, 0.25) is 0 Å². The van der Waals surface area contributed by atoms with Crippen LogP contribution < -0.4 is 0 Å². The zero-order chi connectivity index (χ0) is 12.3. The molecule has 1 unspecified atom stereocenters. The Morgan fingerprint density at radius 3 is 2.38 bits per heavy atom. The molecule has 4 heteroatoms. The smallest absolute Gasteiger partial charge is 0.245 e. The number of carbonyl (C=O) groups is 1. The van der Waals surface area contributed by atoms with Gasteiger partial charge >= 0.3 is 0 Å². The molecule has 0 aliphatic carbocycles. The van der Waals surface area contributed by atoms with Crippen LogP contribution in [0.5, 0.6) is 0 Å². The van der Waals surface area contributed by atoms with E-state index < -0.39 is 5.38 Å². The van der Waals surface area contributed by atoms with Crippen LogP contribution in [0.3, 0.4) is 0 Å². The topological polar surface area (TPSA) is 20.3 Å². The van der Waals surface area contributed by atoms with Crippen molar-refractivity contribution in [2.75, 3.05) is 13.1 Å². The summed E-state index contributed by atoms with van der Waals surface area (Å²) < 4.78 is 0. The second kappa shape index (κ2) is 5.69. The lowest BCUT2D eigenvalue weighted by molar-refractivity contribution is -0.130. The van der Waals surface area contributed by atoms with E-state index >= 15 is 0 Å². The fraction of sp³-hybridized carbons (Fsp3) is 0.583. The van der Waals surface area contributed by atoms with E-state index in [0.29, 0.717) is 13.1 Å². The fourth-order valence-corrected chi connectivity index (χ4v) is 3.12. The molecule has 0 fully saturated rings. The van der Waals surface area contributed by atoms with Crippen molar-refractivity contribution >= 4 is 28.8 Å². The normalized spacial score (nSPS) is 12.6. The first kappa shape index (κ1) is 13.5. The minimum absolute atomic E-state index is 0.00701. The molecule has 1 rings (SSSR count). The highest BCUT2D eigenvalue weighted by atomic mass is 35.5. The molecule has 16 heavy (non-hydrogen) atoms. The molecule has 0 aliphatic heterocycles. The van der Waals surface area contributed by atoms with Crippen LogP contribution in [0, 0.1) is 13.8 Å². The summed E-state index contributed by atoms with van der Waals surface area (Å²) in [6.45, 7) is 9.40. The van der Waals surface area contributed by atoms with Crippen LogP contribution in [0.15, 0.2) is 6.07 Å². The summed E-state index contributed by atoms with van der Waals surface area (Å²) in [7, 11) is 0. The van der Waals surface area contributed by atoms with E-state index in [1.165, 1.54) is 4.88 Å². The number of hydrogen-bond acceptors (Lipinski definition) is 2. The van der Waals surface area contributed by atoms with Crippen molar-refractivity contribution in [2.45, 2.75) is 33.1 Å². The van der Waals surface area contributed by atoms with E-state index in [9.17, 15) is 4.79 Å². The summed E-state index contributed by atoms with van der Waals surface area (Å²) in [4.78, 5) is 16.2. The molecule has 0 aromatic carbocycles. The molecule has 0 aliphatic rings. The van der Waals surface area contributed by atoms with Crippen LogP contribution in [0.4, 0.5) is 0 Å². The van der Waals surface area contributed by atoms with Gasteiger partial charge in [0.15, 0.2) is 0 Å². The number of carbonyl (C=O) groups excluding carboxylic acids is 1. The van der Waals surface area contributed by atoms with Crippen molar-refractivity contribution in [1.29, 1.82) is 0 Å². The molecule has 1 aromatic rings. The standard InChI is InChI=1S/C12H18ClNOS/c1-5-14(6-2)12(15)11(13)10-7-8(3)16-9(10)4/h7,11H,5-6H2,1-4H3. The minimum Gasteiger partial charge on any atom is -0.342 e. The monoisotopic (exact) mass is 259 g/mol. The summed E-state index contributed by atoms with van der Waals surface area (Å²) in [5.74, 6) is 0.00701. The Balaban J connectivity index is 2.89. The highest BCUT2D eigenvalue weighted by Gasteiger charge is 2.24. The molecule has 0 N–H and O–H groups in total. The van der Waals surface area contributed by atoms with E-state index in [-0.39, 0.29) is 5.91 Å². The van der Waals surface area contributed by atoms with Gasteiger partial charge in [-0.1, -0.05) is 0 Å². The van der Waals surface area contributed by atoms with Crippen molar-refractivity contribution in [3.05, 3.63) is 21.4 Å². The lowest BCUT2D eigenvalue weighted by Gasteiger charge is -2.21. The molecule has 2 nitrogen and oxygen atoms in total. The Morgan fingerprint density at radius 1 is 1.44 bits per heavy atom. The maximum atomic E-state index is 12.1. The van der Waals surface area contributed by atoms with Gasteiger partial charge in [0.05, 0.1) is 0 Å². The third kappa shape index (κ3) is 2.77. The molecule has 1 aromatic heterocycles. The van der Waals surface area contributed by atoms with Gasteiger partial charge in [0.25, 0.3) is 0 Å². The average molecular weight is 260 g/mol. The molecule has 0 spiro atoms. The number of alkyl halides is 1. The quantitative estimate of drug-likeness (QED) is 0.758. The van der Waals surface area contributed by atoms with E-state index in [2.05, 4.69) is 0 Å². The number of aryl methyl sites for hydroxylation is 2. The van der Waals surface area contributed by atoms with Crippen LogP contribution in [-0.4, -0.2) is 23.9 Å². The van der Waals surface area contributed by atoms with Crippen LogP contribution in [-0.2, 0) is 4.79 Å². The molecule has 1 atom stereocenters. The summed E-state index contributed by atoms with van der Waals surface area (Å²) in [6, 6.07) is 2.01. The van der Waals surface area contributed by atoms with E-state index in [1.54, 1.807) is 16.2 Å². The predicted octanol–water partition coefficient (Wildman–Crippen LogP) is 3.51. The number of amides is 1. The Labute approximate surface area is 106 Å². The van der Waals surface area contributed by atoms with Gasteiger partial charge in [-0.05, 0) is 39.3 Å². The number of likely N-dealkylation sites (N-methyl/N-ethyl adjacent to an activating group) is 1. The van der Waals surface area contributed by atoms with Crippen LogP contribution in [0.25, 0.3) is 0 Å². The van der Waals surface area contributed by atoms with Gasteiger partial charge in [-0.3, -0.25) is 4.79 Å². The van der Waals surface area contributed by atoms with Crippen molar-refractivity contribution in [3.8, 4) is 0 Å². The molecular weight excluding hydrogens is 242 g/mol. The van der Waals surface area contributed by atoms with Crippen molar-refractivity contribution in [3.63, 3.8) is 0 Å². The van der Waals surface area contributed by atoms with E-state index in [4.69, 9.17) is 11.6 Å². The third-order valence-corrected chi connectivity index (χ3v) is 4.05. The van der Waals surface area contributed by atoms with Gasteiger partial charge in [-0.25, -0.2) is 0 Å². The number of hydrogen-bond donors (Lipinski definition) is 0. The van der Waals surface area contributed by atoms with Crippen LogP contribution >= 0.6 is 22.9 Å². The van der Waals surface area contributed by atoms with Crippen molar-refractivity contribution < 1.29 is 4.79 Å². The first-order chi connectivity index (χ1) is 7.51. The Bertz CT molecular complexity index is 371. The minimum atomic E-state index is -0.537.